The van der Waals surface area contributed by atoms with E-state index in [1.165, 1.54) is 5.56 Å². The first-order valence-corrected chi connectivity index (χ1v) is 9.06. The van der Waals surface area contributed by atoms with Gasteiger partial charge in [0.25, 0.3) is 0 Å². The third-order valence-electron chi connectivity index (χ3n) is 5.64. The number of benzene rings is 1. The summed E-state index contributed by atoms with van der Waals surface area (Å²) in [5, 5.41) is 6.26. The fourth-order valence-corrected chi connectivity index (χ4v) is 4.16. The van der Waals surface area contributed by atoms with Crippen LogP contribution in [0.3, 0.4) is 0 Å². The predicted octanol–water partition coefficient (Wildman–Crippen LogP) is 2.57. The van der Waals surface area contributed by atoms with E-state index in [4.69, 9.17) is 9.47 Å². The minimum absolute atomic E-state index is 0.0347. The zero-order valence-corrected chi connectivity index (χ0v) is 14.0. The van der Waals surface area contributed by atoms with E-state index in [2.05, 4.69) is 34.9 Å². The molecule has 5 heteroatoms. The number of hydrogen-bond acceptors (Lipinski definition) is 3. The minimum atomic E-state index is -0.162. The predicted molar refractivity (Wildman–Crippen MR) is 91.0 cm³/mol. The first-order chi connectivity index (χ1) is 11.7. The molecule has 1 saturated carbocycles. The van der Waals surface area contributed by atoms with E-state index in [9.17, 15) is 4.79 Å². The molecule has 2 N–H and O–H groups in total. The van der Waals surface area contributed by atoms with Crippen molar-refractivity contribution in [2.75, 3.05) is 19.8 Å². The molecule has 2 heterocycles. The van der Waals surface area contributed by atoms with Crippen molar-refractivity contribution in [2.45, 2.75) is 55.7 Å². The Morgan fingerprint density at radius 2 is 1.88 bits per heavy atom. The molecule has 2 aliphatic heterocycles. The van der Waals surface area contributed by atoms with Crippen LogP contribution in [0.1, 0.15) is 43.6 Å². The molecular formula is C19H26N2O3. The van der Waals surface area contributed by atoms with Gasteiger partial charge in [-0.3, -0.25) is 0 Å². The Kier molecular flexibility index (Phi) is 4.46. The van der Waals surface area contributed by atoms with Gasteiger partial charge in [-0.1, -0.05) is 30.3 Å². The third-order valence-corrected chi connectivity index (χ3v) is 5.64. The molecule has 2 amide bonds. The number of hydrogen-bond donors (Lipinski definition) is 2. The third kappa shape index (κ3) is 3.42. The van der Waals surface area contributed by atoms with Crippen molar-refractivity contribution < 1.29 is 14.3 Å². The van der Waals surface area contributed by atoms with Gasteiger partial charge in [-0.25, -0.2) is 4.79 Å². The highest BCUT2D eigenvalue weighted by atomic mass is 16.6. The van der Waals surface area contributed by atoms with Gasteiger partial charge in [0, 0.05) is 31.7 Å². The second-order valence-corrected chi connectivity index (χ2v) is 7.42. The number of rotatable bonds is 3. The van der Waals surface area contributed by atoms with Gasteiger partial charge in [0.1, 0.15) is 0 Å². The van der Waals surface area contributed by atoms with Crippen LogP contribution >= 0.6 is 0 Å². The zero-order valence-electron chi connectivity index (χ0n) is 14.0. The summed E-state index contributed by atoms with van der Waals surface area (Å²) in [5.74, 6) is 0.582. The van der Waals surface area contributed by atoms with Crippen LogP contribution in [-0.2, 0) is 9.47 Å². The van der Waals surface area contributed by atoms with Crippen LogP contribution in [0.5, 0.6) is 0 Å². The average Bonchev–Trinajstić information content (AvgIpc) is 2.99. The number of amides is 2. The van der Waals surface area contributed by atoms with Gasteiger partial charge in [0.15, 0.2) is 0 Å². The smallest absolute Gasteiger partial charge is 0.315 e. The van der Waals surface area contributed by atoms with Gasteiger partial charge in [-0.2, -0.15) is 0 Å². The monoisotopic (exact) mass is 330 g/mol. The van der Waals surface area contributed by atoms with E-state index >= 15 is 0 Å². The molecule has 1 aliphatic carbocycles. The molecule has 0 radical (unpaired) electrons. The van der Waals surface area contributed by atoms with Crippen molar-refractivity contribution in [3.63, 3.8) is 0 Å². The Balaban J connectivity index is 1.22. The second kappa shape index (κ2) is 6.73. The number of carbonyl (C=O) groups excluding carboxylic acids is 1. The molecule has 3 aliphatic rings. The summed E-state index contributed by atoms with van der Waals surface area (Å²) in [4.78, 5) is 12.3. The molecule has 4 rings (SSSR count). The molecule has 0 aromatic heterocycles. The van der Waals surface area contributed by atoms with Crippen molar-refractivity contribution in [2.24, 2.45) is 0 Å². The van der Waals surface area contributed by atoms with Gasteiger partial charge in [-0.15, -0.1) is 0 Å². The minimum Gasteiger partial charge on any atom is -0.378 e. The van der Waals surface area contributed by atoms with Crippen LogP contribution < -0.4 is 10.6 Å². The van der Waals surface area contributed by atoms with E-state index in [0.717, 1.165) is 38.7 Å². The Morgan fingerprint density at radius 1 is 1.08 bits per heavy atom. The molecule has 2 saturated heterocycles. The largest absolute Gasteiger partial charge is 0.378 e. The molecular weight excluding hydrogens is 304 g/mol. The summed E-state index contributed by atoms with van der Waals surface area (Å²) >= 11 is 0. The Labute approximate surface area is 143 Å². The van der Waals surface area contributed by atoms with Crippen LogP contribution in [0.25, 0.3) is 0 Å². The summed E-state index contributed by atoms with van der Waals surface area (Å²) in [6.45, 7) is 2.13. The van der Waals surface area contributed by atoms with E-state index in [-0.39, 0.29) is 17.7 Å². The van der Waals surface area contributed by atoms with Crippen LogP contribution in [0.4, 0.5) is 4.79 Å². The fourth-order valence-electron chi connectivity index (χ4n) is 4.16. The molecule has 2 atom stereocenters. The molecule has 3 fully saturated rings. The van der Waals surface area contributed by atoms with Crippen LogP contribution in [0, 0.1) is 0 Å². The average molecular weight is 330 g/mol. The van der Waals surface area contributed by atoms with Gasteiger partial charge in [-0.05, 0) is 37.2 Å². The quantitative estimate of drug-likeness (QED) is 0.895. The fraction of sp³-hybridized carbons (Fsp3) is 0.632. The maximum Gasteiger partial charge on any atom is 0.315 e. The van der Waals surface area contributed by atoms with E-state index in [1.807, 2.05) is 6.07 Å². The van der Waals surface area contributed by atoms with Gasteiger partial charge in [0.2, 0.25) is 0 Å². The lowest BCUT2D eigenvalue weighted by atomic mass is 9.76. The summed E-state index contributed by atoms with van der Waals surface area (Å²) in [6.07, 6.45) is 4.74. The molecule has 0 unspecified atom stereocenters. The van der Waals surface area contributed by atoms with Gasteiger partial charge >= 0.3 is 6.03 Å². The summed E-state index contributed by atoms with van der Waals surface area (Å²) in [6, 6.07) is 11.0. The summed E-state index contributed by atoms with van der Waals surface area (Å²) in [7, 11) is 0. The summed E-state index contributed by atoms with van der Waals surface area (Å²) in [5.41, 5.74) is 1.22. The highest BCUT2D eigenvalue weighted by molar-refractivity contribution is 5.74. The van der Waals surface area contributed by atoms with Gasteiger partial charge < -0.3 is 20.1 Å². The molecule has 1 aromatic carbocycles. The second-order valence-electron chi connectivity index (χ2n) is 7.42. The Hall–Kier alpha value is -1.59. The van der Waals surface area contributed by atoms with E-state index < -0.39 is 0 Å². The summed E-state index contributed by atoms with van der Waals surface area (Å²) < 4.78 is 11.4. The number of urea groups is 1. The van der Waals surface area contributed by atoms with Crippen molar-refractivity contribution >= 4 is 6.03 Å². The highest BCUT2D eigenvalue weighted by Gasteiger charge is 2.41. The van der Waals surface area contributed by atoms with Crippen molar-refractivity contribution in [3.8, 4) is 0 Å². The Morgan fingerprint density at radius 3 is 2.62 bits per heavy atom. The lowest BCUT2D eigenvalue weighted by Gasteiger charge is -2.39. The standard InChI is InChI=1S/C19H26N2O3/c22-18(20-16-6-8-24-19(12-16)7-9-23-13-19)21-17-10-15(11-17)14-4-2-1-3-5-14/h1-5,15-17H,6-13H2,(H2,20,21,22)/t15?,16-,17?,19-/m0/s1. The van der Waals surface area contributed by atoms with Crippen LogP contribution in [0.2, 0.25) is 0 Å². The molecule has 1 spiro atoms. The zero-order chi connectivity index (χ0) is 16.4. The Bertz CT molecular complexity index is 565. The van der Waals surface area contributed by atoms with E-state index in [1.54, 1.807) is 0 Å². The van der Waals surface area contributed by atoms with Gasteiger partial charge in [0.05, 0.1) is 12.2 Å². The maximum atomic E-state index is 12.3. The van der Waals surface area contributed by atoms with E-state index in [0.29, 0.717) is 25.2 Å². The number of nitrogens with one attached hydrogen (secondary N) is 2. The molecule has 24 heavy (non-hydrogen) atoms. The van der Waals surface area contributed by atoms with Crippen LogP contribution in [0.15, 0.2) is 30.3 Å². The highest BCUT2D eigenvalue weighted by Crippen LogP contribution is 2.37. The topological polar surface area (TPSA) is 59.6 Å². The van der Waals surface area contributed by atoms with Crippen molar-refractivity contribution in [1.29, 1.82) is 0 Å². The SMILES string of the molecule is O=C(NC1CC(c2ccccc2)C1)N[C@H]1CCO[C@@]2(CCOC2)C1. The normalized spacial score (nSPS) is 35.4. The van der Waals surface area contributed by atoms with Crippen LogP contribution in [-0.4, -0.2) is 43.5 Å². The molecule has 0 bridgehead atoms. The number of ether oxygens (including phenoxy) is 2. The molecule has 5 nitrogen and oxygen atoms in total. The molecule has 1 aromatic rings. The maximum absolute atomic E-state index is 12.3. The number of carbonyl (C=O) groups is 1. The lowest BCUT2D eigenvalue weighted by molar-refractivity contribution is -0.0878. The van der Waals surface area contributed by atoms with Crippen molar-refractivity contribution in [3.05, 3.63) is 35.9 Å². The van der Waals surface area contributed by atoms with Crippen molar-refractivity contribution in [1.82, 2.24) is 10.6 Å². The molecule has 130 valence electrons. The first-order valence-electron chi connectivity index (χ1n) is 9.06. The first kappa shape index (κ1) is 15.9. The lowest BCUT2D eigenvalue weighted by Crippen LogP contribution is -2.54.